The Labute approximate surface area is 115 Å². The van der Waals surface area contributed by atoms with Gasteiger partial charge in [-0.05, 0) is 52.3 Å². The number of benzene rings is 1. The zero-order valence-electron chi connectivity index (χ0n) is 9.06. The Morgan fingerprint density at radius 2 is 1.94 bits per heavy atom. The van der Waals surface area contributed by atoms with E-state index in [1.807, 2.05) is 0 Å². The largest absolute Gasteiger partial charge is 0.479 e. The van der Waals surface area contributed by atoms with Gasteiger partial charge in [-0.3, -0.25) is 0 Å². The van der Waals surface area contributed by atoms with Crippen molar-refractivity contribution in [2.24, 2.45) is 0 Å². The first-order chi connectivity index (χ1) is 8.56. The first-order valence-corrected chi connectivity index (χ1v) is 6.67. The van der Waals surface area contributed by atoms with E-state index in [4.69, 9.17) is 0 Å². The third-order valence-electron chi connectivity index (χ3n) is 2.28. The van der Waals surface area contributed by atoms with Gasteiger partial charge in [-0.25, -0.2) is 9.18 Å². The Bertz CT molecular complexity index is 555. The average molecular weight is 330 g/mol. The molecule has 1 aromatic carbocycles. The molecule has 0 fully saturated rings. The number of carboxylic acids is 1. The highest BCUT2D eigenvalue weighted by Crippen LogP contribution is 2.29. The van der Waals surface area contributed by atoms with Crippen molar-refractivity contribution in [2.45, 2.75) is 6.04 Å². The standard InChI is InChI=1S/C12H9BrFNO2S/c13-10-6-5-9(18-10)11(12(16)17)15-8-3-1-7(14)2-4-8/h1-6,11,15H,(H,16,17). The van der Waals surface area contributed by atoms with Crippen LogP contribution in [-0.2, 0) is 4.79 Å². The van der Waals surface area contributed by atoms with Crippen LogP contribution in [0.15, 0.2) is 40.2 Å². The summed E-state index contributed by atoms with van der Waals surface area (Å²) in [5.74, 6) is -1.33. The summed E-state index contributed by atoms with van der Waals surface area (Å²) < 4.78 is 13.6. The van der Waals surface area contributed by atoms with Crippen molar-refractivity contribution in [3.63, 3.8) is 0 Å². The molecule has 3 nitrogen and oxygen atoms in total. The highest BCUT2D eigenvalue weighted by atomic mass is 79.9. The number of aliphatic carboxylic acids is 1. The predicted molar refractivity (Wildman–Crippen MR) is 72.4 cm³/mol. The zero-order chi connectivity index (χ0) is 13.1. The Hall–Kier alpha value is -1.40. The SMILES string of the molecule is O=C(O)C(Nc1ccc(F)cc1)c1ccc(Br)s1. The predicted octanol–water partition coefficient (Wildman–Crippen LogP) is 3.89. The minimum absolute atomic E-state index is 0.355. The number of anilines is 1. The zero-order valence-corrected chi connectivity index (χ0v) is 11.5. The van der Waals surface area contributed by atoms with Crippen molar-refractivity contribution in [3.05, 3.63) is 50.9 Å². The number of hydrogen-bond donors (Lipinski definition) is 2. The summed E-state index contributed by atoms with van der Waals surface area (Å²) in [6, 6.07) is 8.28. The second-order valence-corrected chi connectivity index (χ2v) is 6.06. The van der Waals surface area contributed by atoms with Crippen LogP contribution >= 0.6 is 27.3 Å². The maximum Gasteiger partial charge on any atom is 0.331 e. The third-order valence-corrected chi connectivity index (χ3v) is 3.97. The quantitative estimate of drug-likeness (QED) is 0.894. The van der Waals surface area contributed by atoms with Crippen LogP contribution in [-0.4, -0.2) is 11.1 Å². The Morgan fingerprint density at radius 3 is 2.44 bits per heavy atom. The van der Waals surface area contributed by atoms with E-state index in [1.54, 1.807) is 12.1 Å². The average Bonchev–Trinajstić information content (AvgIpc) is 2.74. The number of halogens is 2. The molecule has 0 amide bonds. The molecule has 6 heteroatoms. The maximum atomic E-state index is 12.8. The van der Waals surface area contributed by atoms with Crippen molar-refractivity contribution >= 4 is 38.9 Å². The molecule has 2 N–H and O–H groups in total. The molecule has 1 heterocycles. The van der Waals surface area contributed by atoms with Crippen LogP contribution in [0.2, 0.25) is 0 Å². The van der Waals surface area contributed by atoms with Crippen molar-refractivity contribution in [1.29, 1.82) is 0 Å². The minimum Gasteiger partial charge on any atom is -0.479 e. The van der Waals surface area contributed by atoms with E-state index in [2.05, 4.69) is 21.2 Å². The van der Waals surface area contributed by atoms with Crippen LogP contribution in [0, 0.1) is 5.82 Å². The molecule has 0 bridgehead atoms. The summed E-state index contributed by atoms with van der Waals surface area (Å²) in [6.45, 7) is 0. The summed E-state index contributed by atoms with van der Waals surface area (Å²) in [5, 5.41) is 12.1. The van der Waals surface area contributed by atoms with Crippen LogP contribution in [0.3, 0.4) is 0 Å². The summed E-state index contributed by atoms with van der Waals surface area (Å²) in [7, 11) is 0. The van der Waals surface area contributed by atoms with E-state index in [0.717, 1.165) is 3.79 Å². The molecule has 0 saturated heterocycles. The molecule has 1 aromatic heterocycles. The number of thiophene rings is 1. The van der Waals surface area contributed by atoms with Crippen molar-refractivity contribution < 1.29 is 14.3 Å². The Morgan fingerprint density at radius 1 is 1.28 bits per heavy atom. The van der Waals surface area contributed by atoms with E-state index in [0.29, 0.717) is 10.6 Å². The van der Waals surface area contributed by atoms with Gasteiger partial charge in [0.25, 0.3) is 0 Å². The molecule has 94 valence electrons. The molecule has 0 aliphatic rings. The van der Waals surface area contributed by atoms with Crippen molar-refractivity contribution in [2.75, 3.05) is 5.32 Å². The van der Waals surface area contributed by atoms with Crippen molar-refractivity contribution in [3.8, 4) is 0 Å². The lowest BCUT2D eigenvalue weighted by Gasteiger charge is -2.14. The minimum atomic E-state index is -0.978. The second kappa shape index (κ2) is 5.49. The van der Waals surface area contributed by atoms with Gasteiger partial charge in [-0.2, -0.15) is 0 Å². The van der Waals surface area contributed by atoms with Gasteiger partial charge >= 0.3 is 5.97 Å². The molecule has 1 unspecified atom stereocenters. The molecule has 0 saturated carbocycles. The lowest BCUT2D eigenvalue weighted by atomic mass is 10.2. The van der Waals surface area contributed by atoms with Crippen LogP contribution in [0.5, 0.6) is 0 Å². The summed E-state index contributed by atoms with van der Waals surface area (Å²) >= 11 is 4.64. The highest BCUT2D eigenvalue weighted by molar-refractivity contribution is 9.11. The van der Waals surface area contributed by atoms with E-state index >= 15 is 0 Å². The van der Waals surface area contributed by atoms with Gasteiger partial charge in [-0.15, -0.1) is 11.3 Å². The number of carboxylic acid groups (broad SMARTS) is 1. The fourth-order valence-electron chi connectivity index (χ4n) is 1.45. The maximum absolute atomic E-state index is 12.8. The van der Waals surface area contributed by atoms with E-state index < -0.39 is 12.0 Å². The number of rotatable bonds is 4. The number of hydrogen-bond acceptors (Lipinski definition) is 3. The van der Waals surface area contributed by atoms with Gasteiger partial charge in [0.15, 0.2) is 6.04 Å². The number of nitrogens with one attached hydrogen (secondary N) is 1. The van der Waals surface area contributed by atoms with Crippen LogP contribution in [0.4, 0.5) is 10.1 Å². The third kappa shape index (κ3) is 3.08. The molecule has 18 heavy (non-hydrogen) atoms. The van der Waals surface area contributed by atoms with Crippen LogP contribution in [0.25, 0.3) is 0 Å². The molecule has 0 radical (unpaired) electrons. The Balaban J connectivity index is 2.22. The lowest BCUT2D eigenvalue weighted by molar-refractivity contribution is -0.138. The molecule has 2 rings (SSSR count). The number of carbonyl (C=O) groups is 1. The fourth-order valence-corrected chi connectivity index (χ4v) is 2.92. The smallest absolute Gasteiger partial charge is 0.331 e. The molecule has 2 aromatic rings. The van der Waals surface area contributed by atoms with E-state index in [1.165, 1.54) is 35.6 Å². The van der Waals surface area contributed by atoms with E-state index in [9.17, 15) is 14.3 Å². The first-order valence-electron chi connectivity index (χ1n) is 5.06. The van der Waals surface area contributed by atoms with Gasteiger partial charge in [0.1, 0.15) is 5.82 Å². The molecule has 0 aliphatic carbocycles. The molecular weight excluding hydrogens is 321 g/mol. The van der Waals surface area contributed by atoms with Gasteiger partial charge in [-0.1, -0.05) is 0 Å². The molecule has 0 aliphatic heterocycles. The summed E-state index contributed by atoms with van der Waals surface area (Å²) in [6.07, 6.45) is 0. The fraction of sp³-hybridized carbons (Fsp3) is 0.0833. The van der Waals surface area contributed by atoms with Crippen LogP contribution in [0.1, 0.15) is 10.9 Å². The molecule has 1 atom stereocenters. The molecular formula is C12H9BrFNO2S. The van der Waals surface area contributed by atoms with Crippen molar-refractivity contribution in [1.82, 2.24) is 0 Å². The summed E-state index contributed by atoms with van der Waals surface area (Å²) in [5.41, 5.74) is 0.563. The highest BCUT2D eigenvalue weighted by Gasteiger charge is 2.21. The van der Waals surface area contributed by atoms with E-state index in [-0.39, 0.29) is 5.82 Å². The molecule has 0 spiro atoms. The normalized spacial score (nSPS) is 12.1. The summed E-state index contributed by atoms with van der Waals surface area (Å²) in [4.78, 5) is 11.9. The monoisotopic (exact) mass is 329 g/mol. The van der Waals surface area contributed by atoms with Gasteiger partial charge in [0.05, 0.1) is 3.79 Å². The lowest BCUT2D eigenvalue weighted by Crippen LogP contribution is -2.19. The Kier molecular flexibility index (Phi) is 3.98. The van der Waals surface area contributed by atoms with Gasteiger partial charge in [0, 0.05) is 10.6 Å². The first kappa shape index (κ1) is 13.0. The topological polar surface area (TPSA) is 49.3 Å². The second-order valence-electron chi connectivity index (χ2n) is 3.56. The van der Waals surface area contributed by atoms with Gasteiger partial charge < -0.3 is 10.4 Å². The van der Waals surface area contributed by atoms with Gasteiger partial charge in [0.2, 0.25) is 0 Å². The van der Waals surface area contributed by atoms with Crippen LogP contribution < -0.4 is 5.32 Å².